The van der Waals surface area contributed by atoms with E-state index >= 15 is 0 Å². The highest BCUT2D eigenvalue weighted by molar-refractivity contribution is 5.80. The molecule has 0 saturated heterocycles. The topological polar surface area (TPSA) is 65.4 Å². The number of nitriles is 1. The molecule has 0 amide bonds. The summed E-state index contributed by atoms with van der Waals surface area (Å²) in [6.07, 6.45) is 3.90. The second kappa shape index (κ2) is 4.30. The summed E-state index contributed by atoms with van der Waals surface area (Å²) < 4.78 is 0. The Kier molecular flexibility index (Phi) is 2.50. The first kappa shape index (κ1) is 10.5. The smallest absolute Gasteiger partial charge is 0.138 e. The van der Waals surface area contributed by atoms with Gasteiger partial charge in [-0.15, -0.1) is 0 Å². The maximum absolute atomic E-state index is 8.69. The number of fused-ring (bicyclic) bond motifs is 1. The molecule has 3 aromatic rings. The normalized spacial score (nSPS) is 10.4. The van der Waals surface area contributed by atoms with Crippen LogP contribution in [0, 0.1) is 11.3 Å². The number of nitrogens with one attached hydrogen (secondary N) is 1. The molecule has 4 nitrogen and oxygen atoms in total. The Morgan fingerprint density at radius 1 is 1.17 bits per heavy atom. The van der Waals surface area contributed by atoms with Crippen molar-refractivity contribution in [1.82, 2.24) is 15.0 Å². The van der Waals surface area contributed by atoms with Crippen molar-refractivity contribution in [3.8, 4) is 17.5 Å². The Morgan fingerprint density at radius 2 is 2.00 bits per heavy atom. The van der Waals surface area contributed by atoms with Crippen molar-refractivity contribution in [2.45, 2.75) is 6.42 Å². The van der Waals surface area contributed by atoms with Gasteiger partial charge in [0.25, 0.3) is 0 Å². The molecule has 18 heavy (non-hydrogen) atoms. The average molecular weight is 234 g/mol. The Morgan fingerprint density at radius 3 is 2.78 bits per heavy atom. The number of aromatic amines is 1. The molecule has 0 aliphatic heterocycles. The number of H-pyrrole nitrogens is 1. The number of hydrogen-bond acceptors (Lipinski definition) is 3. The minimum Gasteiger partial charge on any atom is -0.338 e. The summed E-state index contributed by atoms with van der Waals surface area (Å²) in [5.74, 6) is 0.821. The first-order chi connectivity index (χ1) is 8.86. The number of imidazole rings is 1. The molecular formula is C14H10N4. The third-order valence-corrected chi connectivity index (χ3v) is 2.78. The minimum absolute atomic E-state index is 0.416. The third-order valence-electron chi connectivity index (χ3n) is 2.78. The van der Waals surface area contributed by atoms with Crippen molar-refractivity contribution in [3.63, 3.8) is 0 Å². The lowest BCUT2D eigenvalue weighted by Gasteiger charge is -1.93. The van der Waals surface area contributed by atoms with E-state index in [0.717, 1.165) is 28.0 Å². The number of benzene rings is 1. The predicted molar refractivity (Wildman–Crippen MR) is 68.6 cm³/mol. The van der Waals surface area contributed by atoms with Gasteiger partial charge in [0.2, 0.25) is 0 Å². The molecule has 0 bridgehead atoms. The first-order valence-electron chi connectivity index (χ1n) is 5.63. The zero-order valence-corrected chi connectivity index (χ0v) is 9.59. The molecule has 1 aromatic carbocycles. The fourth-order valence-electron chi connectivity index (χ4n) is 1.90. The molecule has 2 aromatic heterocycles. The number of aromatic nitrogens is 3. The van der Waals surface area contributed by atoms with Gasteiger partial charge in [-0.1, -0.05) is 6.07 Å². The number of rotatable bonds is 2. The van der Waals surface area contributed by atoms with Crippen molar-refractivity contribution in [1.29, 1.82) is 5.26 Å². The van der Waals surface area contributed by atoms with Gasteiger partial charge in [-0.2, -0.15) is 5.26 Å². The van der Waals surface area contributed by atoms with E-state index in [9.17, 15) is 0 Å². The highest BCUT2D eigenvalue weighted by Gasteiger charge is 2.05. The van der Waals surface area contributed by atoms with Gasteiger partial charge in [0, 0.05) is 18.0 Å². The lowest BCUT2D eigenvalue weighted by molar-refractivity contribution is 1.27. The molecule has 1 N–H and O–H groups in total. The molecule has 0 unspecified atom stereocenters. The lowest BCUT2D eigenvalue weighted by atomic mass is 10.1. The van der Waals surface area contributed by atoms with Crippen molar-refractivity contribution in [2.24, 2.45) is 0 Å². The molecule has 2 heterocycles. The van der Waals surface area contributed by atoms with Crippen LogP contribution in [0.15, 0.2) is 42.7 Å². The van der Waals surface area contributed by atoms with Crippen LogP contribution in [0.4, 0.5) is 0 Å². The van der Waals surface area contributed by atoms with Crippen LogP contribution in [-0.4, -0.2) is 15.0 Å². The summed E-state index contributed by atoms with van der Waals surface area (Å²) in [6, 6.07) is 11.8. The number of nitrogens with zero attached hydrogens (tertiary/aromatic N) is 3. The van der Waals surface area contributed by atoms with Crippen LogP contribution < -0.4 is 0 Å². The largest absolute Gasteiger partial charge is 0.338 e. The fraction of sp³-hybridized carbons (Fsp3) is 0.0714. The van der Waals surface area contributed by atoms with Crippen molar-refractivity contribution in [2.75, 3.05) is 0 Å². The highest BCUT2D eigenvalue weighted by Crippen LogP contribution is 2.20. The summed E-state index contributed by atoms with van der Waals surface area (Å²) in [6.45, 7) is 0. The summed E-state index contributed by atoms with van der Waals surface area (Å²) >= 11 is 0. The Labute approximate surface area is 104 Å². The lowest BCUT2D eigenvalue weighted by Crippen LogP contribution is -1.80. The van der Waals surface area contributed by atoms with Crippen molar-refractivity contribution >= 4 is 11.0 Å². The van der Waals surface area contributed by atoms with Crippen LogP contribution in [0.3, 0.4) is 0 Å². The Bertz CT molecular complexity index is 722. The Balaban J connectivity index is 2.09. The molecule has 4 heteroatoms. The van der Waals surface area contributed by atoms with Crippen molar-refractivity contribution < 1.29 is 0 Å². The van der Waals surface area contributed by atoms with Gasteiger partial charge < -0.3 is 4.98 Å². The number of hydrogen-bond donors (Lipinski definition) is 1. The second-order valence-corrected chi connectivity index (χ2v) is 4.01. The standard InChI is InChI=1S/C14H10N4/c15-6-3-10-1-2-12-13(9-10)18-14(17-12)11-4-7-16-8-5-11/h1-2,4-5,7-9H,3H2,(H,17,18). The van der Waals surface area contributed by atoms with E-state index in [1.807, 2.05) is 30.3 Å². The fourth-order valence-corrected chi connectivity index (χ4v) is 1.90. The molecule has 0 aliphatic rings. The van der Waals surface area contributed by atoms with Gasteiger partial charge >= 0.3 is 0 Å². The number of pyridine rings is 1. The molecule has 0 fully saturated rings. The van der Waals surface area contributed by atoms with E-state index in [1.165, 1.54) is 0 Å². The SMILES string of the molecule is N#CCc1ccc2nc(-c3ccncc3)[nH]c2c1. The van der Waals surface area contributed by atoms with Crippen LogP contribution in [0.1, 0.15) is 5.56 Å². The quantitative estimate of drug-likeness (QED) is 0.741. The third kappa shape index (κ3) is 1.82. The monoisotopic (exact) mass is 234 g/mol. The van der Waals surface area contributed by atoms with Crippen LogP contribution in [-0.2, 0) is 6.42 Å². The van der Waals surface area contributed by atoms with Crippen LogP contribution in [0.5, 0.6) is 0 Å². The highest BCUT2D eigenvalue weighted by atomic mass is 14.9. The first-order valence-corrected chi connectivity index (χ1v) is 5.63. The molecular weight excluding hydrogens is 224 g/mol. The summed E-state index contributed by atoms with van der Waals surface area (Å²) in [5, 5.41) is 8.69. The van der Waals surface area contributed by atoms with Gasteiger partial charge in [-0.25, -0.2) is 4.98 Å². The molecule has 0 spiro atoms. The van der Waals surface area contributed by atoms with Crippen LogP contribution in [0.2, 0.25) is 0 Å². The van der Waals surface area contributed by atoms with E-state index in [2.05, 4.69) is 21.0 Å². The van der Waals surface area contributed by atoms with Crippen LogP contribution >= 0.6 is 0 Å². The van der Waals surface area contributed by atoms with Crippen molar-refractivity contribution in [3.05, 3.63) is 48.3 Å². The van der Waals surface area contributed by atoms with E-state index in [-0.39, 0.29) is 0 Å². The zero-order valence-electron chi connectivity index (χ0n) is 9.59. The second-order valence-electron chi connectivity index (χ2n) is 4.01. The predicted octanol–water partition coefficient (Wildman–Crippen LogP) is 2.69. The minimum atomic E-state index is 0.416. The average Bonchev–Trinajstić information content (AvgIpc) is 2.83. The maximum atomic E-state index is 8.69. The Hall–Kier alpha value is -2.67. The van der Waals surface area contributed by atoms with Crippen LogP contribution in [0.25, 0.3) is 22.4 Å². The molecule has 86 valence electrons. The molecule has 3 rings (SSSR count). The van der Waals surface area contributed by atoms with Gasteiger partial charge in [0.15, 0.2) is 0 Å². The van der Waals surface area contributed by atoms with E-state index in [4.69, 9.17) is 5.26 Å². The van der Waals surface area contributed by atoms with Gasteiger partial charge in [0.1, 0.15) is 5.82 Å². The molecule has 0 saturated carbocycles. The van der Waals surface area contributed by atoms with Gasteiger partial charge in [-0.05, 0) is 29.8 Å². The van der Waals surface area contributed by atoms with E-state index in [1.54, 1.807) is 12.4 Å². The zero-order chi connectivity index (χ0) is 12.4. The van der Waals surface area contributed by atoms with Gasteiger partial charge in [-0.3, -0.25) is 4.98 Å². The maximum Gasteiger partial charge on any atom is 0.138 e. The molecule has 0 atom stereocenters. The van der Waals surface area contributed by atoms with E-state index < -0.39 is 0 Å². The summed E-state index contributed by atoms with van der Waals surface area (Å²) in [4.78, 5) is 11.8. The summed E-state index contributed by atoms with van der Waals surface area (Å²) in [5.41, 5.74) is 3.86. The van der Waals surface area contributed by atoms with E-state index in [0.29, 0.717) is 6.42 Å². The summed E-state index contributed by atoms with van der Waals surface area (Å²) in [7, 11) is 0. The molecule has 0 radical (unpaired) electrons. The van der Waals surface area contributed by atoms with Gasteiger partial charge in [0.05, 0.1) is 23.5 Å². The molecule has 0 aliphatic carbocycles.